The SMILES string of the molecule is CCN(CC)C(C)(C)C(CCC(C)(C)C)NN. The summed E-state index contributed by atoms with van der Waals surface area (Å²) < 4.78 is 0. The van der Waals surface area contributed by atoms with Gasteiger partial charge in [0, 0.05) is 11.6 Å². The third kappa shape index (κ3) is 5.36. The zero-order valence-electron chi connectivity index (χ0n) is 12.9. The van der Waals surface area contributed by atoms with Crippen LogP contribution in [0.15, 0.2) is 0 Å². The van der Waals surface area contributed by atoms with E-state index in [1.54, 1.807) is 0 Å². The summed E-state index contributed by atoms with van der Waals surface area (Å²) in [5.41, 5.74) is 3.49. The standard InChI is InChI=1S/C14H33N3/c1-8-17(9-2)14(6,7)12(16-15)10-11-13(3,4)5/h12,16H,8-11,15H2,1-7H3. The van der Waals surface area contributed by atoms with E-state index in [2.05, 4.69) is 58.8 Å². The van der Waals surface area contributed by atoms with Crippen molar-refractivity contribution in [2.24, 2.45) is 11.3 Å². The van der Waals surface area contributed by atoms with Crippen LogP contribution in [0.4, 0.5) is 0 Å². The van der Waals surface area contributed by atoms with E-state index in [0.717, 1.165) is 19.5 Å². The van der Waals surface area contributed by atoms with Crippen LogP contribution < -0.4 is 11.3 Å². The summed E-state index contributed by atoms with van der Waals surface area (Å²) in [5.74, 6) is 5.76. The van der Waals surface area contributed by atoms with Gasteiger partial charge in [0.05, 0.1) is 0 Å². The molecule has 3 N–H and O–H groups in total. The van der Waals surface area contributed by atoms with Crippen LogP contribution in [0.2, 0.25) is 0 Å². The van der Waals surface area contributed by atoms with Crippen molar-refractivity contribution in [3.63, 3.8) is 0 Å². The second kappa shape index (κ2) is 6.72. The summed E-state index contributed by atoms with van der Waals surface area (Å²) in [6.07, 6.45) is 2.30. The Morgan fingerprint density at radius 3 is 1.82 bits per heavy atom. The lowest BCUT2D eigenvalue weighted by molar-refractivity contribution is 0.0822. The molecule has 0 aromatic heterocycles. The van der Waals surface area contributed by atoms with E-state index in [9.17, 15) is 0 Å². The lowest BCUT2D eigenvalue weighted by Crippen LogP contribution is -2.59. The normalized spacial score (nSPS) is 15.4. The average Bonchev–Trinajstić information content (AvgIpc) is 2.17. The summed E-state index contributed by atoms with van der Waals surface area (Å²) >= 11 is 0. The average molecular weight is 243 g/mol. The van der Waals surface area contributed by atoms with Crippen molar-refractivity contribution in [3.05, 3.63) is 0 Å². The molecule has 0 aromatic carbocycles. The maximum absolute atomic E-state index is 5.76. The molecule has 3 heteroatoms. The van der Waals surface area contributed by atoms with Gasteiger partial charge >= 0.3 is 0 Å². The number of rotatable bonds is 7. The second-order valence-electron chi connectivity index (χ2n) is 6.64. The van der Waals surface area contributed by atoms with E-state index in [1.807, 2.05) is 0 Å². The molecule has 1 atom stereocenters. The largest absolute Gasteiger partial charge is 0.297 e. The molecule has 17 heavy (non-hydrogen) atoms. The van der Waals surface area contributed by atoms with E-state index >= 15 is 0 Å². The summed E-state index contributed by atoms with van der Waals surface area (Å²) in [7, 11) is 0. The smallest absolute Gasteiger partial charge is 0.0389 e. The molecular weight excluding hydrogens is 210 g/mol. The molecule has 0 aromatic rings. The number of hydrazine groups is 1. The zero-order valence-corrected chi connectivity index (χ0v) is 12.9. The number of nitrogens with two attached hydrogens (primary N) is 1. The van der Waals surface area contributed by atoms with Crippen molar-refractivity contribution in [1.29, 1.82) is 0 Å². The van der Waals surface area contributed by atoms with Gasteiger partial charge in [0.2, 0.25) is 0 Å². The topological polar surface area (TPSA) is 41.3 Å². The highest BCUT2D eigenvalue weighted by atomic mass is 15.3. The van der Waals surface area contributed by atoms with Gasteiger partial charge in [-0.25, -0.2) is 0 Å². The van der Waals surface area contributed by atoms with Crippen molar-refractivity contribution >= 4 is 0 Å². The lowest BCUT2D eigenvalue weighted by atomic mass is 9.83. The van der Waals surface area contributed by atoms with E-state index in [-0.39, 0.29) is 5.54 Å². The van der Waals surface area contributed by atoms with Gasteiger partial charge in [0.1, 0.15) is 0 Å². The molecule has 0 amide bonds. The minimum absolute atomic E-state index is 0.101. The van der Waals surface area contributed by atoms with Gasteiger partial charge in [0.25, 0.3) is 0 Å². The molecule has 0 aliphatic carbocycles. The highest BCUT2D eigenvalue weighted by Gasteiger charge is 2.33. The molecular formula is C14H33N3. The molecule has 0 bridgehead atoms. The van der Waals surface area contributed by atoms with Crippen molar-refractivity contribution in [1.82, 2.24) is 10.3 Å². The Morgan fingerprint density at radius 1 is 1.06 bits per heavy atom. The van der Waals surface area contributed by atoms with Crippen molar-refractivity contribution in [2.75, 3.05) is 13.1 Å². The van der Waals surface area contributed by atoms with Crippen molar-refractivity contribution < 1.29 is 0 Å². The van der Waals surface area contributed by atoms with Crippen molar-refractivity contribution in [3.8, 4) is 0 Å². The first-order valence-corrected chi connectivity index (χ1v) is 6.90. The fourth-order valence-corrected chi connectivity index (χ4v) is 2.48. The van der Waals surface area contributed by atoms with Gasteiger partial charge in [-0.3, -0.25) is 16.2 Å². The van der Waals surface area contributed by atoms with Crippen LogP contribution in [0.25, 0.3) is 0 Å². The lowest BCUT2D eigenvalue weighted by Gasteiger charge is -2.43. The molecule has 0 aliphatic heterocycles. The predicted molar refractivity (Wildman–Crippen MR) is 76.8 cm³/mol. The predicted octanol–water partition coefficient (Wildman–Crippen LogP) is 2.76. The monoisotopic (exact) mass is 243 g/mol. The van der Waals surface area contributed by atoms with Gasteiger partial charge in [-0.15, -0.1) is 0 Å². The van der Waals surface area contributed by atoms with E-state index in [4.69, 9.17) is 5.84 Å². The van der Waals surface area contributed by atoms with Gasteiger partial charge in [0.15, 0.2) is 0 Å². The van der Waals surface area contributed by atoms with Gasteiger partial charge < -0.3 is 0 Å². The summed E-state index contributed by atoms with van der Waals surface area (Å²) in [6.45, 7) is 18.0. The highest BCUT2D eigenvalue weighted by molar-refractivity contribution is 4.92. The number of nitrogens with zero attached hydrogens (tertiary/aromatic N) is 1. The quantitative estimate of drug-likeness (QED) is 0.534. The van der Waals surface area contributed by atoms with Crippen LogP contribution >= 0.6 is 0 Å². The Balaban J connectivity index is 4.62. The fraction of sp³-hybridized carbons (Fsp3) is 1.00. The third-order valence-corrected chi connectivity index (χ3v) is 3.82. The van der Waals surface area contributed by atoms with E-state index < -0.39 is 0 Å². The molecule has 0 saturated carbocycles. The third-order valence-electron chi connectivity index (χ3n) is 3.82. The Hall–Kier alpha value is -0.120. The maximum Gasteiger partial charge on any atom is 0.0389 e. The molecule has 0 radical (unpaired) electrons. The van der Waals surface area contributed by atoms with E-state index in [1.165, 1.54) is 6.42 Å². The summed E-state index contributed by atoms with van der Waals surface area (Å²) in [5, 5.41) is 0. The fourth-order valence-electron chi connectivity index (χ4n) is 2.48. The molecule has 104 valence electrons. The number of hydrogen-bond donors (Lipinski definition) is 2. The van der Waals surface area contributed by atoms with Gasteiger partial charge in [-0.1, -0.05) is 34.6 Å². The van der Waals surface area contributed by atoms with E-state index in [0.29, 0.717) is 11.5 Å². The molecule has 0 rings (SSSR count). The minimum atomic E-state index is 0.101. The van der Waals surface area contributed by atoms with Gasteiger partial charge in [-0.2, -0.15) is 0 Å². The molecule has 0 fully saturated rings. The molecule has 1 unspecified atom stereocenters. The number of likely N-dealkylation sites (N-methyl/N-ethyl adjacent to an activating group) is 1. The van der Waals surface area contributed by atoms with Crippen LogP contribution in [0.5, 0.6) is 0 Å². The first-order valence-electron chi connectivity index (χ1n) is 6.90. The molecule has 3 nitrogen and oxygen atoms in total. The minimum Gasteiger partial charge on any atom is -0.297 e. The highest BCUT2D eigenvalue weighted by Crippen LogP contribution is 2.27. The summed E-state index contributed by atoms with van der Waals surface area (Å²) in [4.78, 5) is 2.47. The van der Waals surface area contributed by atoms with Crippen LogP contribution in [0.3, 0.4) is 0 Å². The first-order chi connectivity index (χ1) is 7.69. The Labute approximate surface area is 108 Å². The Morgan fingerprint density at radius 2 is 1.53 bits per heavy atom. The molecule has 0 aliphatic rings. The molecule has 0 saturated heterocycles. The van der Waals surface area contributed by atoms with Gasteiger partial charge in [-0.05, 0) is 45.2 Å². The summed E-state index contributed by atoms with van der Waals surface area (Å²) in [6, 6.07) is 0.335. The maximum atomic E-state index is 5.76. The Kier molecular flexibility index (Phi) is 6.67. The van der Waals surface area contributed by atoms with Crippen LogP contribution in [0, 0.1) is 5.41 Å². The number of nitrogens with one attached hydrogen (secondary N) is 1. The Bertz CT molecular complexity index is 202. The number of hydrogen-bond acceptors (Lipinski definition) is 3. The van der Waals surface area contributed by atoms with Crippen LogP contribution in [-0.4, -0.2) is 29.6 Å². The molecule has 0 heterocycles. The first kappa shape index (κ1) is 16.9. The van der Waals surface area contributed by atoms with Crippen LogP contribution in [-0.2, 0) is 0 Å². The zero-order chi connectivity index (χ0) is 13.7. The molecule has 0 spiro atoms. The van der Waals surface area contributed by atoms with Crippen LogP contribution in [0.1, 0.15) is 61.3 Å². The van der Waals surface area contributed by atoms with Crippen molar-refractivity contribution in [2.45, 2.75) is 72.9 Å². The second-order valence-corrected chi connectivity index (χ2v) is 6.64.